The quantitative estimate of drug-likeness (QED) is 0.619. The second-order valence-electron chi connectivity index (χ2n) is 2.13. The lowest BCUT2D eigenvalue weighted by atomic mass is 10.3. The first-order chi connectivity index (χ1) is 4.43. The molecular formula is C7H12S2. The van der Waals surface area contributed by atoms with Gasteiger partial charge in [0.1, 0.15) is 0 Å². The van der Waals surface area contributed by atoms with Crippen LogP contribution >= 0.6 is 24.4 Å². The van der Waals surface area contributed by atoms with E-state index in [9.17, 15) is 0 Å². The minimum atomic E-state index is 1.03. The number of thiol groups is 1. The maximum atomic E-state index is 4.16. The van der Waals surface area contributed by atoms with Gasteiger partial charge in [0.05, 0.1) is 0 Å². The summed E-state index contributed by atoms with van der Waals surface area (Å²) >= 11 is 6.17. The van der Waals surface area contributed by atoms with Crippen LogP contribution in [0.4, 0.5) is 0 Å². The standard InChI is InChI=1S/C7H12S2/c8-5-1-3-7-4-2-6-9-7/h4,8H,1-3,5-6H2. The Kier molecular flexibility index (Phi) is 3.59. The number of hydrogen-bond acceptors (Lipinski definition) is 2. The molecule has 0 aliphatic carbocycles. The molecule has 2 heteroatoms. The van der Waals surface area contributed by atoms with Crippen LogP contribution in [0.1, 0.15) is 19.3 Å². The summed E-state index contributed by atoms with van der Waals surface area (Å²) in [7, 11) is 0. The average Bonchev–Trinajstić information content (AvgIpc) is 2.34. The minimum absolute atomic E-state index is 1.03. The summed E-state index contributed by atoms with van der Waals surface area (Å²) < 4.78 is 0. The molecule has 1 aliphatic rings. The Hall–Kier alpha value is 0.440. The minimum Gasteiger partial charge on any atom is -0.179 e. The third-order valence-electron chi connectivity index (χ3n) is 1.36. The maximum Gasteiger partial charge on any atom is 0.00117 e. The molecule has 0 fully saturated rings. The van der Waals surface area contributed by atoms with E-state index in [4.69, 9.17) is 0 Å². The molecule has 1 rings (SSSR count). The van der Waals surface area contributed by atoms with Gasteiger partial charge in [-0.15, -0.1) is 11.8 Å². The fourth-order valence-electron chi connectivity index (χ4n) is 0.896. The van der Waals surface area contributed by atoms with Crippen LogP contribution in [0.2, 0.25) is 0 Å². The van der Waals surface area contributed by atoms with Crippen molar-refractivity contribution in [2.75, 3.05) is 11.5 Å². The van der Waals surface area contributed by atoms with E-state index in [0.717, 1.165) is 5.75 Å². The largest absolute Gasteiger partial charge is 0.179 e. The predicted octanol–water partition coefficient (Wildman–Crippen LogP) is 2.72. The van der Waals surface area contributed by atoms with Crippen LogP contribution < -0.4 is 0 Å². The Balaban J connectivity index is 2.11. The molecule has 0 spiro atoms. The van der Waals surface area contributed by atoms with Gasteiger partial charge in [-0.3, -0.25) is 0 Å². The maximum absolute atomic E-state index is 4.16. The normalized spacial score (nSPS) is 18.1. The molecule has 0 radical (unpaired) electrons. The highest BCUT2D eigenvalue weighted by atomic mass is 32.2. The van der Waals surface area contributed by atoms with Gasteiger partial charge in [-0.25, -0.2) is 0 Å². The first-order valence-electron chi connectivity index (χ1n) is 3.36. The van der Waals surface area contributed by atoms with Gasteiger partial charge < -0.3 is 0 Å². The van der Waals surface area contributed by atoms with E-state index in [-0.39, 0.29) is 0 Å². The van der Waals surface area contributed by atoms with E-state index in [1.165, 1.54) is 25.0 Å². The van der Waals surface area contributed by atoms with Crippen molar-refractivity contribution in [2.45, 2.75) is 19.3 Å². The molecule has 52 valence electrons. The first kappa shape index (κ1) is 7.55. The number of allylic oxidation sites excluding steroid dienone is 2. The Bertz CT molecular complexity index is 107. The van der Waals surface area contributed by atoms with E-state index in [1.807, 2.05) is 11.8 Å². The molecule has 0 nitrogen and oxygen atoms in total. The van der Waals surface area contributed by atoms with Crippen molar-refractivity contribution in [1.82, 2.24) is 0 Å². The van der Waals surface area contributed by atoms with Gasteiger partial charge in [-0.1, -0.05) is 6.08 Å². The van der Waals surface area contributed by atoms with Gasteiger partial charge in [0.2, 0.25) is 0 Å². The smallest absolute Gasteiger partial charge is 0.00117 e. The Morgan fingerprint density at radius 3 is 3.11 bits per heavy atom. The van der Waals surface area contributed by atoms with Crippen molar-refractivity contribution in [2.24, 2.45) is 0 Å². The summed E-state index contributed by atoms with van der Waals surface area (Å²) in [5, 5.41) is 0. The topological polar surface area (TPSA) is 0 Å². The lowest BCUT2D eigenvalue weighted by Crippen LogP contribution is -1.76. The number of thioether (sulfide) groups is 1. The molecule has 0 unspecified atom stereocenters. The summed E-state index contributed by atoms with van der Waals surface area (Å²) in [6.07, 6.45) is 6.14. The molecule has 1 heterocycles. The van der Waals surface area contributed by atoms with Crippen LogP contribution in [0.3, 0.4) is 0 Å². The second kappa shape index (κ2) is 4.29. The Morgan fingerprint density at radius 1 is 1.67 bits per heavy atom. The lowest BCUT2D eigenvalue weighted by molar-refractivity contribution is 0.962. The third kappa shape index (κ3) is 2.67. The molecule has 0 saturated heterocycles. The Morgan fingerprint density at radius 2 is 2.56 bits per heavy atom. The van der Waals surface area contributed by atoms with Gasteiger partial charge in [-0.05, 0) is 29.9 Å². The highest BCUT2D eigenvalue weighted by molar-refractivity contribution is 8.03. The van der Waals surface area contributed by atoms with Gasteiger partial charge >= 0.3 is 0 Å². The van der Waals surface area contributed by atoms with Crippen LogP contribution in [-0.2, 0) is 0 Å². The van der Waals surface area contributed by atoms with Gasteiger partial charge in [0.15, 0.2) is 0 Å². The molecule has 0 N–H and O–H groups in total. The van der Waals surface area contributed by atoms with Crippen LogP contribution in [-0.4, -0.2) is 11.5 Å². The molecule has 1 aliphatic heterocycles. The zero-order valence-corrected chi connectivity index (χ0v) is 7.18. The van der Waals surface area contributed by atoms with Crippen LogP contribution in [0.5, 0.6) is 0 Å². The lowest BCUT2D eigenvalue weighted by Gasteiger charge is -1.96. The average molecular weight is 160 g/mol. The third-order valence-corrected chi connectivity index (χ3v) is 2.86. The van der Waals surface area contributed by atoms with E-state index in [0.29, 0.717) is 0 Å². The molecule has 0 amide bonds. The van der Waals surface area contributed by atoms with Crippen molar-refractivity contribution in [1.29, 1.82) is 0 Å². The van der Waals surface area contributed by atoms with E-state index < -0.39 is 0 Å². The van der Waals surface area contributed by atoms with E-state index >= 15 is 0 Å². The zero-order chi connectivity index (χ0) is 6.53. The molecule has 0 bridgehead atoms. The summed E-state index contributed by atoms with van der Waals surface area (Å²) in [6.45, 7) is 0. The van der Waals surface area contributed by atoms with Gasteiger partial charge in [0.25, 0.3) is 0 Å². The summed E-state index contributed by atoms with van der Waals surface area (Å²) in [4.78, 5) is 1.59. The highest BCUT2D eigenvalue weighted by Gasteiger charge is 2.02. The Labute approximate surface area is 66.5 Å². The second-order valence-corrected chi connectivity index (χ2v) is 3.80. The van der Waals surface area contributed by atoms with Crippen molar-refractivity contribution >= 4 is 24.4 Å². The zero-order valence-electron chi connectivity index (χ0n) is 5.47. The fraction of sp³-hybridized carbons (Fsp3) is 0.714. The molecule has 0 aromatic carbocycles. The molecule has 0 aromatic rings. The van der Waals surface area contributed by atoms with Crippen LogP contribution in [0.15, 0.2) is 11.0 Å². The highest BCUT2D eigenvalue weighted by Crippen LogP contribution is 2.28. The monoisotopic (exact) mass is 160 g/mol. The first-order valence-corrected chi connectivity index (χ1v) is 4.98. The molecule has 0 saturated carbocycles. The molecule has 0 aromatic heterocycles. The summed E-state index contributed by atoms with van der Waals surface area (Å²) in [5.74, 6) is 2.33. The summed E-state index contributed by atoms with van der Waals surface area (Å²) in [6, 6.07) is 0. The van der Waals surface area contributed by atoms with Crippen molar-refractivity contribution in [3.63, 3.8) is 0 Å². The van der Waals surface area contributed by atoms with Gasteiger partial charge in [-0.2, -0.15) is 12.6 Å². The molecular weight excluding hydrogens is 148 g/mol. The fourth-order valence-corrected chi connectivity index (χ4v) is 2.08. The van der Waals surface area contributed by atoms with Crippen molar-refractivity contribution in [3.05, 3.63) is 11.0 Å². The SMILES string of the molecule is SCCCC1=CCCS1. The van der Waals surface area contributed by atoms with E-state index in [2.05, 4.69) is 18.7 Å². The van der Waals surface area contributed by atoms with Crippen molar-refractivity contribution in [3.8, 4) is 0 Å². The number of rotatable bonds is 3. The molecule has 9 heavy (non-hydrogen) atoms. The van der Waals surface area contributed by atoms with Crippen molar-refractivity contribution < 1.29 is 0 Å². The van der Waals surface area contributed by atoms with E-state index in [1.54, 1.807) is 4.91 Å². The predicted molar refractivity (Wildman–Crippen MR) is 48.2 cm³/mol. The molecule has 0 atom stereocenters. The van der Waals surface area contributed by atoms with Crippen LogP contribution in [0.25, 0.3) is 0 Å². The number of hydrogen-bond donors (Lipinski definition) is 1. The van der Waals surface area contributed by atoms with Crippen LogP contribution in [0, 0.1) is 0 Å². The van der Waals surface area contributed by atoms with Gasteiger partial charge in [0, 0.05) is 5.75 Å². The summed E-state index contributed by atoms with van der Waals surface area (Å²) in [5.41, 5.74) is 0.